The van der Waals surface area contributed by atoms with Gasteiger partial charge in [-0.1, -0.05) is 54.1 Å². The van der Waals surface area contributed by atoms with Crippen molar-refractivity contribution in [3.8, 4) is 5.75 Å². The van der Waals surface area contributed by atoms with Gasteiger partial charge < -0.3 is 4.74 Å². The topological polar surface area (TPSA) is 24.6 Å². The van der Waals surface area contributed by atoms with Crippen molar-refractivity contribution in [3.63, 3.8) is 0 Å². The number of fused-ring (bicyclic) bond motifs is 1. The van der Waals surface area contributed by atoms with Gasteiger partial charge in [0.2, 0.25) is 0 Å². The summed E-state index contributed by atoms with van der Waals surface area (Å²) >= 11 is 6.08. The Morgan fingerprint density at radius 3 is 2.19 bits per heavy atom. The summed E-state index contributed by atoms with van der Waals surface area (Å²) in [5.41, 5.74) is 4.81. The summed E-state index contributed by atoms with van der Waals surface area (Å²) in [7, 11) is 1.69. The number of ether oxygens (including phenoxy) is 1. The molecule has 4 atom stereocenters. The minimum atomic E-state index is 0.0228. The molecule has 27 heavy (non-hydrogen) atoms. The van der Waals surface area contributed by atoms with Gasteiger partial charge >= 0.3 is 0 Å². The Morgan fingerprint density at radius 1 is 0.815 bits per heavy atom. The number of aliphatic imine (C=N–C) groups is 1. The molecule has 1 saturated heterocycles. The van der Waals surface area contributed by atoms with E-state index < -0.39 is 0 Å². The Bertz CT molecular complexity index is 983. The number of hydrogen-bond acceptors (Lipinski definition) is 3. The van der Waals surface area contributed by atoms with Crippen molar-refractivity contribution in [2.75, 3.05) is 7.11 Å². The Hall–Kier alpha value is -2.62. The molecule has 3 aromatic carbocycles. The normalized spacial score (nSPS) is 25.6. The first-order chi connectivity index (χ1) is 13.3. The molecular weight excluding hydrogens is 356 g/mol. The van der Waals surface area contributed by atoms with Gasteiger partial charge in [0.05, 0.1) is 24.9 Å². The van der Waals surface area contributed by atoms with E-state index >= 15 is 0 Å². The lowest BCUT2D eigenvalue weighted by molar-refractivity contribution is 0.404. The summed E-state index contributed by atoms with van der Waals surface area (Å²) in [6.07, 6.45) is 0.0228. The van der Waals surface area contributed by atoms with Gasteiger partial charge in [-0.05, 0) is 53.1 Å². The van der Waals surface area contributed by atoms with E-state index in [1.807, 2.05) is 24.3 Å². The molecule has 134 valence electrons. The zero-order valence-electron chi connectivity index (χ0n) is 14.9. The van der Waals surface area contributed by atoms with Crippen LogP contribution >= 0.6 is 11.6 Å². The fourth-order valence-corrected chi connectivity index (χ4v) is 4.14. The molecule has 2 aliphatic rings. The van der Waals surface area contributed by atoms with E-state index in [4.69, 9.17) is 21.3 Å². The fourth-order valence-electron chi connectivity index (χ4n) is 4.01. The summed E-state index contributed by atoms with van der Waals surface area (Å²) in [5, 5.41) is 0.748. The molecule has 2 aliphatic heterocycles. The second kappa shape index (κ2) is 6.52. The van der Waals surface area contributed by atoms with E-state index in [0.717, 1.165) is 22.0 Å². The molecule has 0 radical (unpaired) electrons. The van der Waals surface area contributed by atoms with Gasteiger partial charge in [0.1, 0.15) is 11.9 Å². The number of benzene rings is 3. The van der Waals surface area contributed by atoms with Crippen LogP contribution in [0.5, 0.6) is 5.75 Å². The molecule has 3 nitrogen and oxygen atoms in total. The van der Waals surface area contributed by atoms with Gasteiger partial charge in [-0.3, -0.25) is 9.89 Å². The third kappa shape index (κ3) is 2.84. The van der Waals surface area contributed by atoms with E-state index in [2.05, 4.69) is 59.5 Å². The Kier molecular flexibility index (Phi) is 4.00. The smallest absolute Gasteiger partial charge is 0.129 e. The summed E-state index contributed by atoms with van der Waals surface area (Å²) in [5.74, 6) is 0.860. The third-order valence-electron chi connectivity index (χ3n) is 5.37. The van der Waals surface area contributed by atoms with Crippen molar-refractivity contribution in [2.45, 2.75) is 18.2 Å². The quantitative estimate of drug-likeness (QED) is 0.580. The second-order valence-corrected chi connectivity index (χ2v) is 7.35. The zero-order valence-corrected chi connectivity index (χ0v) is 15.7. The van der Waals surface area contributed by atoms with Gasteiger partial charge in [-0.15, -0.1) is 0 Å². The van der Waals surface area contributed by atoms with Crippen LogP contribution in [0.15, 0.2) is 83.9 Å². The number of hydrogen-bond donors (Lipinski definition) is 0. The molecule has 0 spiro atoms. The molecule has 3 aromatic rings. The Morgan fingerprint density at radius 2 is 1.52 bits per heavy atom. The maximum absolute atomic E-state index is 6.08. The van der Waals surface area contributed by atoms with Gasteiger partial charge in [-0.2, -0.15) is 0 Å². The maximum Gasteiger partial charge on any atom is 0.129 e. The van der Waals surface area contributed by atoms with Crippen molar-refractivity contribution < 1.29 is 4.74 Å². The van der Waals surface area contributed by atoms with Crippen molar-refractivity contribution in [3.05, 3.63) is 101 Å². The molecule has 1 unspecified atom stereocenters. The predicted octanol–water partition coefficient (Wildman–Crippen LogP) is 5.28. The Balaban J connectivity index is 1.54. The van der Waals surface area contributed by atoms with Gasteiger partial charge in [0.25, 0.3) is 0 Å². The standard InChI is InChI=1S/C23H19ClN2O/c1-27-19-13-9-15(10-14-19)20-22-21(16-5-3-2-4-6-16)26(22)23(25-20)17-7-11-18(24)12-8-17/h2-14,21-23H,1H3/t21-,22-,23-,26?/m0/s1. The number of rotatable bonds is 4. The van der Waals surface area contributed by atoms with Crippen LogP contribution in [0.1, 0.15) is 28.9 Å². The van der Waals surface area contributed by atoms with Crippen LogP contribution in [0.4, 0.5) is 0 Å². The zero-order chi connectivity index (χ0) is 18.4. The number of halogens is 1. The minimum absolute atomic E-state index is 0.0228. The summed E-state index contributed by atoms with van der Waals surface area (Å²) in [6.45, 7) is 0. The maximum atomic E-state index is 6.08. The molecule has 1 fully saturated rings. The predicted molar refractivity (Wildman–Crippen MR) is 109 cm³/mol. The average Bonchev–Trinajstić information content (AvgIpc) is 3.34. The molecule has 0 amide bonds. The van der Waals surface area contributed by atoms with Crippen LogP contribution in [0.3, 0.4) is 0 Å². The van der Waals surface area contributed by atoms with E-state index in [-0.39, 0.29) is 6.17 Å². The Labute approximate surface area is 163 Å². The number of nitrogens with zero attached hydrogens (tertiary/aromatic N) is 2. The average molecular weight is 375 g/mol. The fraction of sp³-hybridized carbons (Fsp3) is 0.174. The van der Waals surface area contributed by atoms with E-state index in [0.29, 0.717) is 12.1 Å². The van der Waals surface area contributed by atoms with Crippen molar-refractivity contribution in [1.82, 2.24) is 4.90 Å². The van der Waals surface area contributed by atoms with Gasteiger partial charge in [-0.25, -0.2) is 0 Å². The summed E-state index contributed by atoms with van der Waals surface area (Å²) in [4.78, 5) is 7.55. The third-order valence-corrected chi connectivity index (χ3v) is 5.62. The lowest BCUT2D eigenvalue weighted by Crippen LogP contribution is -2.08. The van der Waals surface area contributed by atoms with Crippen molar-refractivity contribution >= 4 is 17.3 Å². The van der Waals surface area contributed by atoms with Crippen molar-refractivity contribution in [1.29, 1.82) is 0 Å². The van der Waals surface area contributed by atoms with E-state index in [1.54, 1.807) is 7.11 Å². The van der Waals surface area contributed by atoms with Crippen LogP contribution in [0, 0.1) is 0 Å². The van der Waals surface area contributed by atoms with E-state index in [1.165, 1.54) is 11.1 Å². The van der Waals surface area contributed by atoms with Gasteiger partial charge in [0, 0.05) is 5.02 Å². The van der Waals surface area contributed by atoms with Crippen LogP contribution in [0.25, 0.3) is 0 Å². The first-order valence-corrected chi connectivity index (χ1v) is 9.44. The summed E-state index contributed by atoms with van der Waals surface area (Å²) in [6, 6.07) is 27.6. The highest BCUT2D eigenvalue weighted by Gasteiger charge is 2.59. The highest BCUT2D eigenvalue weighted by atomic mass is 35.5. The van der Waals surface area contributed by atoms with Crippen LogP contribution in [-0.4, -0.2) is 23.8 Å². The lowest BCUT2D eigenvalue weighted by Gasteiger charge is -2.14. The SMILES string of the molecule is COc1ccc(C2=N[C@H](c3ccc(Cl)cc3)N3[C@@H]2[C@@H]3c2ccccc2)cc1. The molecule has 0 bridgehead atoms. The summed E-state index contributed by atoms with van der Waals surface area (Å²) < 4.78 is 5.30. The second-order valence-electron chi connectivity index (χ2n) is 6.92. The molecule has 0 aliphatic carbocycles. The van der Waals surface area contributed by atoms with Crippen LogP contribution < -0.4 is 4.74 Å². The molecule has 2 heterocycles. The molecule has 5 rings (SSSR count). The molecule has 4 heteroatoms. The lowest BCUT2D eigenvalue weighted by atomic mass is 10.0. The van der Waals surface area contributed by atoms with Crippen molar-refractivity contribution in [2.24, 2.45) is 4.99 Å². The highest BCUT2D eigenvalue weighted by Crippen LogP contribution is 2.55. The van der Waals surface area contributed by atoms with Gasteiger partial charge in [0.15, 0.2) is 0 Å². The van der Waals surface area contributed by atoms with E-state index in [9.17, 15) is 0 Å². The molecule has 0 N–H and O–H groups in total. The minimum Gasteiger partial charge on any atom is -0.497 e. The largest absolute Gasteiger partial charge is 0.497 e. The first kappa shape index (κ1) is 16.5. The molecule has 0 saturated carbocycles. The number of methoxy groups -OCH3 is 1. The molecule has 0 aromatic heterocycles. The van der Waals surface area contributed by atoms with Crippen LogP contribution in [0.2, 0.25) is 5.02 Å². The first-order valence-electron chi connectivity index (χ1n) is 9.06. The highest BCUT2D eigenvalue weighted by molar-refractivity contribution is 6.30. The van der Waals surface area contributed by atoms with Crippen LogP contribution in [-0.2, 0) is 0 Å². The molecular formula is C23H19ClN2O. The monoisotopic (exact) mass is 374 g/mol.